The van der Waals surface area contributed by atoms with Gasteiger partial charge in [-0.05, 0) is 26.0 Å². The normalized spacial score (nSPS) is 10.9. The van der Waals surface area contributed by atoms with Crippen LogP contribution < -0.4 is 5.32 Å². The second kappa shape index (κ2) is 5.09. The van der Waals surface area contributed by atoms with Crippen molar-refractivity contribution in [2.24, 2.45) is 0 Å². The Kier molecular flexibility index (Phi) is 3.50. The van der Waals surface area contributed by atoms with Gasteiger partial charge in [0.1, 0.15) is 6.54 Å². The lowest BCUT2D eigenvalue weighted by Gasteiger charge is -2.10. The second-order valence-electron chi connectivity index (χ2n) is 4.57. The maximum Gasteiger partial charge on any atom is 0.337 e. The molecule has 0 unspecified atom stereocenters. The summed E-state index contributed by atoms with van der Waals surface area (Å²) < 4.78 is 1.55. The van der Waals surface area contributed by atoms with Crippen molar-refractivity contribution in [1.29, 1.82) is 0 Å². The second-order valence-corrected chi connectivity index (χ2v) is 4.57. The fraction of sp³-hybridized carbons (Fsp3) is 0.308. The molecule has 0 radical (unpaired) electrons. The number of nitrogens with zero attached hydrogens (tertiary/aromatic N) is 2. The molecule has 1 heterocycles. The molecule has 1 aromatic carbocycles. The first-order valence-corrected chi connectivity index (χ1v) is 5.95. The van der Waals surface area contributed by atoms with Crippen molar-refractivity contribution in [1.82, 2.24) is 14.9 Å². The maximum absolute atomic E-state index is 11.7. The van der Waals surface area contributed by atoms with E-state index in [4.69, 9.17) is 5.11 Å². The summed E-state index contributed by atoms with van der Waals surface area (Å²) >= 11 is 0. The van der Waals surface area contributed by atoms with Crippen molar-refractivity contribution in [2.45, 2.75) is 26.4 Å². The molecule has 2 rings (SSSR count). The van der Waals surface area contributed by atoms with Crippen molar-refractivity contribution in [3.05, 3.63) is 30.1 Å². The molecule has 0 atom stereocenters. The number of hydrogen-bond donors (Lipinski definition) is 2. The van der Waals surface area contributed by atoms with Crippen LogP contribution in [0.15, 0.2) is 24.5 Å². The van der Waals surface area contributed by atoms with Gasteiger partial charge in [0.15, 0.2) is 0 Å². The molecule has 1 amide bonds. The largest absolute Gasteiger partial charge is 0.478 e. The standard InChI is InChI=1S/C13H15N3O3/c1-8(2)15-11(17)6-16-7-14-10-5-3-4-9(12(10)16)13(18)19/h3-5,7-8H,6H2,1-2H3,(H,15,17)(H,18,19). The van der Waals surface area contributed by atoms with E-state index in [-0.39, 0.29) is 24.1 Å². The molecule has 100 valence electrons. The zero-order valence-corrected chi connectivity index (χ0v) is 10.8. The number of para-hydroxylation sites is 1. The van der Waals surface area contributed by atoms with Gasteiger partial charge in [-0.1, -0.05) is 6.07 Å². The van der Waals surface area contributed by atoms with Crippen LogP contribution in [0.4, 0.5) is 0 Å². The summed E-state index contributed by atoms with van der Waals surface area (Å²) in [5, 5.41) is 11.9. The molecule has 0 saturated carbocycles. The summed E-state index contributed by atoms with van der Waals surface area (Å²) in [4.78, 5) is 27.0. The molecule has 0 fully saturated rings. The SMILES string of the molecule is CC(C)NC(=O)Cn1cnc2cccc(C(=O)O)c21. The average molecular weight is 261 g/mol. The van der Waals surface area contributed by atoms with Crippen LogP contribution in [-0.2, 0) is 11.3 Å². The molecular weight excluding hydrogens is 246 g/mol. The molecule has 2 aromatic rings. The zero-order chi connectivity index (χ0) is 14.0. The highest BCUT2D eigenvalue weighted by Crippen LogP contribution is 2.17. The van der Waals surface area contributed by atoms with E-state index in [0.717, 1.165) is 0 Å². The van der Waals surface area contributed by atoms with Gasteiger partial charge in [0, 0.05) is 6.04 Å². The van der Waals surface area contributed by atoms with Gasteiger partial charge in [-0.25, -0.2) is 9.78 Å². The van der Waals surface area contributed by atoms with Gasteiger partial charge < -0.3 is 15.0 Å². The third-order valence-corrected chi connectivity index (χ3v) is 2.63. The van der Waals surface area contributed by atoms with Gasteiger partial charge in [0.2, 0.25) is 5.91 Å². The Labute approximate surface area is 110 Å². The lowest BCUT2D eigenvalue weighted by atomic mass is 10.2. The van der Waals surface area contributed by atoms with Gasteiger partial charge in [-0.3, -0.25) is 4.79 Å². The number of amides is 1. The average Bonchev–Trinajstić information content (AvgIpc) is 2.71. The number of hydrogen-bond acceptors (Lipinski definition) is 3. The Bertz CT molecular complexity index is 631. The minimum Gasteiger partial charge on any atom is -0.478 e. The summed E-state index contributed by atoms with van der Waals surface area (Å²) in [6, 6.07) is 4.90. The smallest absolute Gasteiger partial charge is 0.337 e. The highest BCUT2D eigenvalue weighted by atomic mass is 16.4. The number of rotatable bonds is 4. The number of benzene rings is 1. The van der Waals surface area contributed by atoms with Crippen LogP contribution in [0.2, 0.25) is 0 Å². The summed E-state index contributed by atoms with van der Waals surface area (Å²) in [6.07, 6.45) is 1.48. The first kappa shape index (κ1) is 13.1. The lowest BCUT2D eigenvalue weighted by molar-refractivity contribution is -0.122. The van der Waals surface area contributed by atoms with Crippen LogP contribution >= 0.6 is 0 Å². The summed E-state index contributed by atoms with van der Waals surface area (Å²) in [5.74, 6) is -1.20. The minimum absolute atomic E-state index is 0.0428. The highest BCUT2D eigenvalue weighted by molar-refractivity contribution is 6.01. The molecule has 0 aliphatic carbocycles. The lowest BCUT2D eigenvalue weighted by Crippen LogP contribution is -2.33. The molecule has 1 aromatic heterocycles. The van der Waals surface area contributed by atoms with Gasteiger partial charge >= 0.3 is 5.97 Å². The Hall–Kier alpha value is -2.37. The Morgan fingerprint density at radius 3 is 2.79 bits per heavy atom. The number of carbonyl (C=O) groups excluding carboxylic acids is 1. The van der Waals surface area contributed by atoms with Gasteiger partial charge in [-0.2, -0.15) is 0 Å². The number of nitrogens with one attached hydrogen (secondary N) is 1. The van der Waals surface area contributed by atoms with E-state index in [0.29, 0.717) is 11.0 Å². The number of carboxylic acid groups (broad SMARTS) is 1. The van der Waals surface area contributed by atoms with Crippen molar-refractivity contribution >= 4 is 22.9 Å². The topological polar surface area (TPSA) is 84.2 Å². The maximum atomic E-state index is 11.7. The van der Waals surface area contributed by atoms with Crippen LogP contribution in [0.1, 0.15) is 24.2 Å². The van der Waals surface area contributed by atoms with Crippen LogP contribution in [0, 0.1) is 0 Å². The minimum atomic E-state index is -1.03. The monoisotopic (exact) mass is 261 g/mol. The number of imidazole rings is 1. The molecule has 0 aliphatic heterocycles. The fourth-order valence-corrected chi connectivity index (χ4v) is 1.94. The number of carboxylic acids is 1. The molecule has 2 N–H and O–H groups in total. The zero-order valence-electron chi connectivity index (χ0n) is 10.8. The van der Waals surface area contributed by atoms with E-state index in [1.165, 1.54) is 12.4 Å². The van der Waals surface area contributed by atoms with Gasteiger partial charge in [0.25, 0.3) is 0 Å². The van der Waals surface area contributed by atoms with Gasteiger partial charge in [0.05, 0.1) is 22.9 Å². The van der Waals surface area contributed by atoms with Gasteiger partial charge in [-0.15, -0.1) is 0 Å². The third-order valence-electron chi connectivity index (χ3n) is 2.63. The summed E-state index contributed by atoms with van der Waals surface area (Å²) in [5.41, 5.74) is 1.18. The van der Waals surface area contributed by atoms with E-state index < -0.39 is 5.97 Å². The quantitative estimate of drug-likeness (QED) is 0.867. The predicted molar refractivity (Wildman–Crippen MR) is 70.0 cm³/mol. The molecule has 6 nitrogen and oxygen atoms in total. The van der Waals surface area contributed by atoms with E-state index >= 15 is 0 Å². The number of fused-ring (bicyclic) bond motifs is 1. The fourth-order valence-electron chi connectivity index (χ4n) is 1.94. The van der Waals surface area contributed by atoms with Crippen LogP contribution in [0.25, 0.3) is 11.0 Å². The van der Waals surface area contributed by atoms with Crippen LogP contribution in [0.5, 0.6) is 0 Å². The van der Waals surface area contributed by atoms with E-state index in [2.05, 4.69) is 10.3 Å². The van der Waals surface area contributed by atoms with E-state index in [9.17, 15) is 9.59 Å². The molecule has 0 aliphatic rings. The number of carbonyl (C=O) groups is 2. The Morgan fingerprint density at radius 2 is 2.16 bits per heavy atom. The van der Waals surface area contributed by atoms with Crippen LogP contribution in [0.3, 0.4) is 0 Å². The van der Waals surface area contributed by atoms with Crippen molar-refractivity contribution in [2.75, 3.05) is 0 Å². The van der Waals surface area contributed by atoms with Crippen molar-refractivity contribution < 1.29 is 14.7 Å². The number of aromatic carboxylic acids is 1. The highest BCUT2D eigenvalue weighted by Gasteiger charge is 2.15. The van der Waals surface area contributed by atoms with Crippen LogP contribution in [-0.4, -0.2) is 32.6 Å². The molecule has 19 heavy (non-hydrogen) atoms. The summed E-state index contributed by atoms with van der Waals surface area (Å²) in [6.45, 7) is 3.79. The molecule has 6 heteroatoms. The van der Waals surface area contributed by atoms with E-state index in [1.54, 1.807) is 16.7 Å². The summed E-state index contributed by atoms with van der Waals surface area (Å²) in [7, 11) is 0. The van der Waals surface area contributed by atoms with Crippen molar-refractivity contribution in [3.8, 4) is 0 Å². The first-order chi connectivity index (χ1) is 8.99. The van der Waals surface area contributed by atoms with Crippen molar-refractivity contribution in [3.63, 3.8) is 0 Å². The Balaban J connectivity index is 2.39. The molecule has 0 saturated heterocycles. The number of aromatic nitrogens is 2. The predicted octanol–water partition coefficient (Wildman–Crippen LogP) is 1.26. The third kappa shape index (κ3) is 2.73. The molecule has 0 bridgehead atoms. The molecular formula is C13H15N3O3. The molecule has 0 spiro atoms. The Morgan fingerprint density at radius 1 is 1.42 bits per heavy atom. The van der Waals surface area contributed by atoms with E-state index in [1.807, 2.05) is 13.8 Å². The first-order valence-electron chi connectivity index (χ1n) is 5.95.